The third-order valence-electron chi connectivity index (χ3n) is 12.7. The van der Waals surface area contributed by atoms with Crippen molar-refractivity contribution in [2.75, 3.05) is 40.9 Å². The molecule has 0 fully saturated rings. The van der Waals surface area contributed by atoms with Gasteiger partial charge in [-0.2, -0.15) is 0 Å². The maximum atomic E-state index is 13.0. The highest BCUT2D eigenvalue weighted by molar-refractivity contribution is 7.47. The number of aliphatic hydroxyl groups is 1. The molecule has 8 nitrogen and oxygen atoms in total. The van der Waals surface area contributed by atoms with Crippen molar-refractivity contribution in [1.82, 2.24) is 5.32 Å². The van der Waals surface area contributed by atoms with Gasteiger partial charge in [-0.25, -0.2) is 4.57 Å². The molecule has 406 valence electrons. The van der Waals surface area contributed by atoms with Crippen molar-refractivity contribution in [3.05, 3.63) is 85.1 Å². The van der Waals surface area contributed by atoms with Crippen molar-refractivity contribution >= 4 is 13.7 Å². The molecule has 0 heterocycles. The van der Waals surface area contributed by atoms with Crippen molar-refractivity contribution in [2.24, 2.45) is 0 Å². The van der Waals surface area contributed by atoms with Crippen LogP contribution in [0.15, 0.2) is 85.1 Å². The molecule has 0 aromatic rings. The molecule has 0 saturated heterocycles. The summed E-state index contributed by atoms with van der Waals surface area (Å²) in [6, 6.07) is -0.778. The van der Waals surface area contributed by atoms with Crippen LogP contribution in [0.1, 0.15) is 245 Å². The van der Waals surface area contributed by atoms with Gasteiger partial charge in [-0.3, -0.25) is 13.8 Å². The van der Waals surface area contributed by atoms with Crippen LogP contribution in [0.5, 0.6) is 0 Å². The Morgan fingerprint density at radius 2 is 0.857 bits per heavy atom. The molecule has 0 aromatic carbocycles. The second kappa shape index (κ2) is 51.6. The SMILES string of the molecule is CC/C=C\C/C=C\C/C=C\C/C=C\C/C=C\C/C=C\C/C=C\CCCCCCCC(=O)NC(COP(=O)(O)OCC[N+](C)(C)C)C(O)CCCCCCCCCCCCCCCCCCCCCCC. The van der Waals surface area contributed by atoms with Gasteiger partial charge in [-0.15, -0.1) is 0 Å². The number of amides is 1. The van der Waals surface area contributed by atoms with Gasteiger partial charge in [0.15, 0.2) is 0 Å². The minimum atomic E-state index is -4.34. The highest BCUT2D eigenvalue weighted by Gasteiger charge is 2.28. The number of phosphoric acid groups is 1. The van der Waals surface area contributed by atoms with Crippen LogP contribution in [-0.2, 0) is 18.4 Å². The summed E-state index contributed by atoms with van der Waals surface area (Å²) < 4.78 is 23.8. The molecule has 1 amide bonds. The Morgan fingerprint density at radius 1 is 0.500 bits per heavy atom. The molecule has 3 atom stereocenters. The van der Waals surface area contributed by atoms with Crippen molar-refractivity contribution in [1.29, 1.82) is 0 Å². The van der Waals surface area contributed by atoms with Crippen LogP contribution in [-0.4, -0.2) is 73.4 Å². The van der Waals surface area contributed by atoms with Crippen LogP contribution in [0.3, 0.4) is 0 Å². The lowest BCUT2D eigenvalue weighted by atomic mass is 10.0. The predicted molar refractivity (Wildman–Crippen MR) is 304 cm³/mol. The maximum absolute atomic E-state index is 13.0. The summed E-state index contributed by atoms with van der Waals surface area (Å²) in [5.74, 6) is -0.164. The third kappa shape index (κ3) is 53.5. The van der Waals surface area contributed by atoms with Gasteiger partial charge in [0.2, 0.25) is 5.91 Å². The second-order valence-electron chi connectivity index (χ2n) is 20.6. The Kier molecular flexibility index (Phi) is 49.9. The van der Waals surface area contributed by atoms with Gasteiger partial charge in [-0.1, -0.05) is 253 Å². The van der Waals surface area contributed by atoms with Gasteiger partial charge in [0.25, 0.3) is 0 Å². The Balaban J connectivity index is 4.26. The fraction of sp³-hybridized carbons (Fsp3) is 0.754. The summed E-state index contributed by atoms with van der Waals surface area (Å²) in [5, 5.41) is 14.1. The lowest BCUT2D eigenvalue weighted by Gasteiger charge is -2.26. The minimum absolute atomic E-state index is 0.0664. The van der Waals surface area contributed by atoms with E-state index >= 15 is 0 Å². The first-order valence-electron chi connectivity index (χ1n) is 29.0. The maximum Gasteiger partial charge on any atom is 0.472 e. The smallest absolute Gasteiger partial charge is 0.391 e. The average molecular weight is 1000 g/mol. The first-order chi connectivity index (χ1) is 34.0. The molecule has 0 saturated carbocycles. The Labute approximate surface area is 433 Å². The van der Waals surface area contributed by atoms with Crippen LogP contribution < -0.4 is 5.32 Å². The summed E-state index contributed by atoms with van der Waals surface area (Å²) in [4.78, 5) is 23.3. The number of unbranched alkanes of at least 4 members (excludes halogenated alkanes) is 25. The largest absolute Gasteiger partial charge is 0.472 e. The van der Waals surface area contributed by atoms with E-state index in [2.05, 4.69) is 104 Å². The first kappa shape index (κ1) is 67.7. The molecule has 0 bridgehead atoms. The van der Waals surface area contributed by atoms with Gasteiger partial charge >= 0.3 is 7.82 Å². The topological polar surface area (TPSA) is 105 Å². The van der Waals surface area contributed by atoms with E-state index in [0.29, 0.717) is 23.9 Å². The number of nitrogens with one attached hydrogen (secondary N) is 1. The van der Waals surface area contributed by atoms with Gasteiger partial charge in [0, 0.05) is 6.42 Å². The molecule has 0 aliphatic heterocycles. The van der Waals surface area contributed by atoms with Crippen molar-refractivity contribution in [3.63, 3.8) is 0 Å². The van der Waals surface area contributed by atoms with E-state index in [1.165, 1.54) is 116 Å². The Morgan fingerprint density at radius 3 is 1.26 bits per heavy atom. The monoisotopic (exact) mass is 1000 g/mol. The van der Waals surface area contributed by atoms with Crippen LogP contribution in [0.25, 0.3) is 0 Å². The minimum Gasteiger partial charge on any atom is -0.391 e. The molecule has 9 heteroatoms. The van der Waals surface area contributed by atoms with E-state index in [-0.39, 0.29) is 19.1 Å². The first-order valence-corrected chi connectivity index (χ1v) is 30.4. The molecule has 0 spiro atoms. The molecule has 0 rings (SSSR count). The number of allylic oxidation sites excluding steroid dienone is 14. The summed E-state index contributed by atoms with van der Waals surface area (Å²) in [6.07, 6.45) is 72.0. The molecular formula is C61H112N2O6P+. The number of hydrogen-bond donors (Lipinski definition) is 3. The van der Waals surface area contributed by atoms with Gasteiger partial charge in [0.05, 0.1) is 39.9 Å². The summed E-state index contributed by atoms with van der Waals surface area (Å²) >= 11 is 0. The fourth-order valence-corrected chi connectivity index (χ4v) is 8.88. The highest BCUT2D eigenvalue weighted by Crippen LogP contribution is 2.43. The molecule has 3 unspecified atom stereocenters. The Hall–Kier alpha value is -2.32. The second-order valence-corrected chi connectivity index (χ2v) is 22.1. The summed E-state index contributed by atoms with van der Waals surface area (Å²) in [6.45, 7) is 4.77. The zero-order valence-corrected chi connectivity index (χ0v) is 47.1. The van der Waals surface area contributed by atoms with E-state index in [1.54, 1.807) is 0 Å². The third-order valence-corrected chi connectivity index (χ3v) is 13.6. The van der Waals surface area contributed by atoms with Gasteiger partial charge in [0.1, 0.15) is 13.2 Å². The number of hydrogen-bond acceptors (Lipinski definition) is 5. The number of carbonyl (C=O) groups excluding carboxylic acids is 1. The molecule has 0 aliphatic carbocycles. The lowest BCUT2D eigenvalue weighted by molar-refractivity contribution is -0.870. The number of nitrogens with zero attached hydrogens (tertiary/aromatic N) is 1. The van der Waals surface area contributed by atoms with Crippen LogP contribution in [0.2, 0.25) is 0 Å². The van der Waals surface area contributed by atoms with E-state index in [1.807, 2.05) is 21.1 Å². The number of aliphatic hydroxyl groups excluding tert-OH is 1. The molecule has 0 aromatic heterocycles. The molecule has 3 N–H and O–H groups in total. The number of likely N-dealkylation sites (N-methyl/N-ethyl adjacent to an activating group) is 1. The normalized spacial score (nSPS) is 14.6. The van der Waals surface area contributed by atoms with E-state index in [9.17, 15) is 19.4 Å². The average Bonchev–Trinajstić information content (AvgIpc) is 3.32. The fourth-order valence-electron chi connectivity index (χ4n) is 8.15. The molecule has 0 aliphatic rings. The lowest BCUT2D eigenvalue weighted by Crippen LogP contribution is -2.46. The van der Waals surface area contributed by atoms with E-state index in [4.69, 9.17) is 9.05 Å². The Bertz CT molecular complexity index is 1410. The predicted octanol–water partition coefficient (Wildman–Crippen LogP) is 17.6. The molecule has 70 heavy (non-hydrogen) atoms. The molecule has 0 radical (unpaired) electrons. The van der Waals surface area contributed by atoms with E-state index < -0.39 is 20.0 Å². The van der Waals surface area contributed by atoms with Crippen molar-refractivity contribution in [2.45, 2.75) is 257 Å². The summed E-state index contributed by atoms with van der Waals surface area (Å²) in [7, 11) is 1.59. The van der Waals surface area contributed by atoms with Crippen molar-refractivity contribution in [3.8, 4) is 0 Å². The number of carbonyl (C=O) groups is 1. The number of quaternary nitrogens is 1. The zero-order valence-electron chi connectivity index (χ0n) is 46.2. The number of rotatable bonds is 52. The number of phosphoric ester groups is 1. The van der Waals surface area contributed by atoms with Crippen molar-refractivity contribution < 1.29 is 32.9 Å². The zero-order chi connectivity index (χ0) is 51.3. The summed E-state index contributed by atoms with van der Waals surface area (Å²) in [5.41, 5.74) is 0. The van der Waals surface area contributed by atoms with Crippen LogP contribution >= 0.6 is 7.82 Å². The van der Waals surface area contributed by atoms with E-state index in [0.717, 1.165) is 103 Å². The standard InChI is InChI=1S/C61H111N2O6P/c1-6-8-10-12-14-16-18-20-22-24-26-28-29-30-31-32-33-35-37-39-41-43-45-47-49-51-53-55-61(65)62-59(58-69-70(66,67)68-57-56-63(3,4)5)60(64)54-52-50-48-46-44-42-40-38-36-34-27-25-23-21-19-17-15-13-11-9-7-2/h8,10,14,16,20,22,26,28,30-31,33,35,39,41,59-60,64H,6-7,9,11-13,15,17-19,21,23-25,27,29,32,34,36-38,40,42-58H2,1-5H3,(H-,62,65,66,67)/p+1/b10-8-,16-14-,22-20-,28-26-,31-30-,35-33-,41-39-. The van der Waals surface area contributed by atoms with Gasteiger partial charge in [-0.05, 0) is 70.6 Å². The quantitative estimate of drug-likeness (QED) is 0.0243. The van der Waals surface area contributed by atoms with Crippen LogP contribution in [0.4, 0.5) is 0 Å². The van der Waals surface area contributed by atoms with Gasteiger partial charge < -0.3 is 19.8 Å². The molecular weight excluding hydrogens is 888 g/mol. The van der Waals surface area contributed by atoms with Crippen LogP contribution in [0, 0.1) is 0 Å². The highest BCUT2D eigenvalue weighted by atomic mass is 31.2.